The largest absolute Gasteiger partial charge is 0.373 e. The summed E-state index contributed by atoms with van der Waals surface area (Å²) in [5.74, 6) is 1.77. The summed E-state index contributed by atoms with van der Waals surface area (Å²) in [6, 6.07) is 0. The van der Waals surface area contributed by atoms with Crippen LogP contribution in [0.3, 0.4) is 0 Å². The lowest BCUT2D eigenvalue weighted by Gasteiger charge is -2.12. The fraction of sp³-hybridized carbons (Fsp3) is 0.533. The van der Waals surface area contributed by atoms with Crippen molar-refractivity contribution in [2.45, 2.75) is 39.0 Å². The Morgan fingerprint density at radius 3 is 2.65 bits per heavy atom. The summed E-state index contributed by atoms with van der Waals surface area (Å²) in [5, 5.41) is 7.54. The molecule has 106 valence electrons. The summed E-state index contributed by atoms with van der Waals surface area (Å²) >= 11 is 0. The quantitative estimate of drug-likeness (QED) is 0.853. The van der Waals surface area contributed by atoms with Gasteiger partial charge < -0.3 is 5.32 Å². The van der Waals surface area contributed by atoms with Crippen LogP contribution in [0.5, 0.6) is 0 Å². The summed E-state index contributed by atoms with van der Waals surface area (Å²) in [7, 11) is 3.88. The third-order valence-electron chi connectivity index (χ3n) is 4.15. The predicted molar refractivity (Wildman–Crippen MR) is 79.8 cm³/mol. The molecule has 0 saturated heterocycles. The van der Waals surface area contributed by atoms with Crippen molar-refractivity contribution in [2.24, 2.45) is 7.05 Å². The molecule has 20 heavy (non-hydrogen) atoms. The molecule has 0 radical (unpaired) electrons. The first-order valence-electron chi connectivity index (χ1n) is 7.27. The molecule has 0 saturated carbocycles. The molecule has 0 aliphatic heterocycles. The highest BCUT2D eigenvalue weighted by molar-refractivity contribution is 5.61. The van der Waals surface area contributed by atoms with Crippen molar-refractivity contribution < 1.29 is 0 Å². The number of hydrogen-bond donors (Lipinski definition) is 1. The van der Waals surface area contributed by atoms with E-state index in [1.807, 2.05) is 25.0 Å². The smallest absolute Gasteiger partial charge is 0.165 e. The zero-order chi connectivity index (χ0) is 14.1. The second-order valence-corrected chi connectivity index (χ2v) is 5.40. The Kier molecular flexibility index (Phi) is 3.42. The Labute approximate surface area is 119 Å². The highest BCUT2D eigenvalue weighted by Gasteiger charge is 2.18. The topological polar surface area (TPSA) is 55.6 Å². The van der Waals surface area contributed by atoms with Gasteiger partial charge in [-0.15, -0.1) is 0 Å². The minimum Gasteiger partial charge on any atom is -0.373 e. The van der Waals surface area contributed by atoms with E-state index in [1.165, 1.54) is 30.5 Å². The van der Waals surface area contributed by atoms with Crippen molar-refractivity contribution >= 4 is 5.82 Å². The minimum absolute atomic E-state index is 0.792. The molecule has 5 heteroatoms. The number of rotatable bonds is 2. The number of fused-ring (bicyclic) bond motifs is 1. The van der Waals surface area contributed by atoms with Gasteiger partial charge in [0.1, 0.15) is 5.82 Å². The van der Waals surface area contributed by atoms with E-state index in [0.29, 0.717) is 0 Å². The van der Waals surface area contributed by atoms with Crippen molar-refractivity contribution in [3.05, 3.63) is 23.1 Å². The first kappa shape index (κ1) is 13.1. The summed E-state index contributed by atoms with van der Waals surface area (Å²) < 4.78 is 1.86. The van der Waals surface area contributed by atoms with Gasteiger partial charge in [-0.2, -0.15) is 5.10 Å². The first-order valence-corrected chi connectivity index (χ1v) is 7.27. The SMILES string of the molecule is CNc1nc(-c2cnn(C)c2C)nc2c1CCCCC2. The highest BCUT2D eigenvalue weighted by atomic mass is 15.3. The highest BCUT2D eigenvalue weighted by Crippen LogP contribution is 2.28. The number of anilines is 1. The van der Waals surface area contributed by atoms with Gasteiger partial charge in [-0.05, 0) is 32.6 Å². The summed E-state index contributed by atoms with van der Waals surface area (Å²) in [6.45, 7) is 2.05. The van der Waals surface area contributed by atoms with Crippen molar-refractivity contribution in [1.29, 1.82) is 0 Å². The van der Waals surface area contributed by atoms with Gasteiger partial charge in [-0.3, -0.25) is 4.68 Å². The third kappa shape index (κ3) is 2.17. The molecular weight excluding hydrogens is 250 g/mol. The summed E-state index contributed by atoms with van der Waals surface area (Å²) in [4.78, 5) is 9.54. The molecule has 0 fully saturated rings. The van der Waals surface area contributed by atoms with Crippen LogP contribution in [0.15, 0.2) is 6.20 Å². The van der Waals surface area contributed by atoms with Crippen LogP contribution in [0, 0.1) is 6.92 Å². The van der Waals surface area contributed by atoms with E-state index in [1.54, 1.807) is 0 Å². The molecule has 2 heterocycles. The van der Waals surface area contributed by atoms with Crippen LogP contribution in [0.4, 0.5) is 5.82 Å². The van der Waals surface area contributed by atoms with Crippen LogP contribution < -0.4 is 5.32 Å². The molecule has 0 unspecified atom stereocenters. The molecule has 0 bridgehead atoms. The maximum atomic E-state index is 4.82. The fourth-order valence-corrected chi connectivity index (χ4v) is 2.82. The van der Waals surface area contributed by atoms with Crippen LogP contribution in [-0.4, -0.2) is 26.8 Å². The van der Waals surface area contributed by atoms with Gasteiger partial charge >= 0.3 is 0 Å². The number of aromatic nitrogens is 4. The van der Waals surface area contributed by atoms with Crippen LogP contribution in [-0.2, 0) is 19.9 Å². The third-order valence-corrected chi connectivity index (χ3v) is 4.15. The molecular formula is C15H21N5. The maximum Gasteiger partial charge on any atom is 0.165 e. The van der Waals surface area contributed by atoms with Gasteiger partial charge in [-0.25, -0.2) is 9.97 Å². The minimum atomic E-state index is 0.792. The molecule has 1 aliphatic carbocycles. The zero-order valence-electron chi connectivity index (χ0n) is 12.4. The van der Waals surface area contributed by atoms with Crippen molar-refractivity contribution in [2.75, 3.05) is 12.4 Å². The average Bonchev–Trinajstić information content (AvgIpc) is 2.68. The van der Waals surface area contributed by atoms with Crippen molar-refractivity contribution in [3.8, 4) is 11.4 Å². The zero-order valence-corrected chi connectivity index (χ0v) is 12.4. The van der Waals surface area contributed by atoms with E-state index in [0.717, 1.165) is 35.7 Å². The molecule has 2 aromatic heterocycles. The monoisotopic (exact) mass is 271 g/mol. The van der Waals surface area contributed by atoms with E-state index < -0.39 is 0 Å². The number of nitrogens with zero attached hydrogens (tertiary/aromatic N) is 4. The Hall–Kier alpha value is -1.91. The first-order chi connectivity index (χ1) is 9.70. The lowest BCUT2D eigenvalue weighted by Crippen LogP contribution is -2.07. The summed E-state index contributed by atoms with van der Waals surface area (Å²) in [5.41, 5.74) is 4.63. The molecule has 1 aliphatic rings. The van der Waals surface area contributed by atoms with Crippen molar-refractivity contribution in [3.63, 3.8) is 0 Å². The van der Waals surface area contributed by atoms with Gasteiger partial charge in [0.25, 0.3) is 0 Å². The molecule has 0 amide bonds. The lowest BCUT2D eigenvalue weighted by molar-refractivity contribution is 0.709. The van der Waals surface area contributed by atoms with Gasteiger partial charge in [0.05, 0.1) is 11.8 Å². The van der Waals surface area contributed by atoms with E-state index in [-0.39, 0.29) is 0 Å². The second kappa shape index (κ2) is 5.23. The molecule has 0 spiro atoms. The number of aryl methyl sites for hydroxylation is 2. The van der Waals surface area contributed by atoms with Crippen LogP contribution in [0.2, 0.25) is 0 Å². The van der Waals surface area contributed by atoms with Crippen molar-refractivity contribution in [1.82, 2.24) is 19.7 Å². The Balaban J connectivity index is 2.13. The number of hydrogen-bond acceptors (Lipinski definition) is 4. The van der Waals surface area contributed by atoms with Crippen LogP contribution >= 0.6 is 0 Å². The molecule has 0 aromatic carbocycles. The summed E-state index contributed by atoms with van der Waals surface area (Å²) in [6.07, 6.45) is 7.72. The Bertz CT molecular complexity index is 629. The van der Waals surface area contributed by atoms with E-state index in [2.05, 4.69) is 17.3 Å². The van der Waals surface area contributed by atoms with Gasteiger partial charge in [0, 0.05) is 31.0 Å². The van der Waals surface area contributed by atoms with Crippen LogP contribution in [0.1, 0.15) is 36.2 Å². The van der Waals surface area contributed by atoms with Crippen LogP contribution in [0.25, 0.3) is 11.4 Å². The normalized spacial score (nSPS) is 14.8. The van der Waals surface area contributed by atoms with Gasteiger partial charge in [0.2, 0.25) is 0 Å². The molecule has 1 N–H and O–H groups in total. The second-order valence-electron chi connectivity index (χ2n) is 5.40. The predicted octanol–water partition coefficient (Wildman–Crippen LogP) is 2.50. The Morgan fingerprint density at radius 1 is 1.15 bits per heavy atom. The fourth-order valence-electron chi connectivity index (χ4n) is 2.82. The number of nitrogens with one attached hydrogen (secondary N) is 1. The maximum absolute atomic E-state index is 4.82. The van der Waals surface area contributed by atoms with Gasteiger partial charge in [-0.1, -0.05) is 6.42 Å². The molecule has 2 aromatic rings. The molecule has 5 nitrogen and oxygen atoms in total. The Morgan fingerprint density at radius 2 is 1.95 bits per heavy atom. The van der Waals surface area contributed by atoms with E-state index in [9.17, 15) is 0 Å². The lowest BCUT2D eigenvalue weighted by atomic mass is 10.1. The molecule has 3 rings (SSSR count). The standard InChI is InChI=1S/C15H21N5/c1-10-12(9-17-20(10)3)15-18-13-8-6-4-5-7-11(13)14(16-2)19-15/h9H,4-8H2,1-3H3,(H,16,18,19). The molecule has 0 atom stereocenters. The van der Waals surface area contributed by atoms with E-state index >= 15 is 0 Å². The van der Waals surface area contributed by atoms with Gasteiger partial charge in [0.15, 0.2) is 5.82 Å². The average molecular weight is 271 g/mol. The van der Waals surface area contributed by atoms with E-state index in [4.69, 9.17) is 9.97 Å².